The number of hydrogen-bond donors (Lipinski definition) is 2. The van der Waals surface area contributed by atoms with Gasteiger partial charge in [0.05, 0.1) is 12.2 Å². The van der Waals surface area contributed by atoms with Gasteiger partial charge in [0.15, 0.2) is 0 Å². The first-order valence-corrected chi connectivity index (χ1v) is 8.89. The molecule has 0 spiro atoms. The highest BCUT2D eigenvalue weighted by atomic mass is 16.2. The van der Waals surface area contributed by atoms with Crippen LogP contribution in [0.5, 0.6) is 0 Å². The minimum Gasteiger partial charge on any atom is -0.347 e. The van der Waals surface area contributed by atoms with Crippen molar-refractivity contribution in [3.05, 3.63) is 53.9 Å². The summed E-state index contributed by atoms with van der Waals surface area (Å²) >= 11 is 0. The Kier molecular flexibility index (Phi) is 5.85. The first-order valence-electron chi connectivity index (χ1n) is 8.89. The fourth-order valence-electron chi connectivity index (χ4n) is 2.91. The number of hydrogen-bond acceptors (Lipinski definition) is 5. The Morgan fingerprint density at radius 1 is 1.26 bits per heavy atom. The highest BCUT2D eigenvalue weighted by Crippen LogP contribution is 2.15. The number of anilines is 1. The van der Waals surface area contributed by atoms with Crippen LogP contribution in [0.25, 0.3) is 0 Å². The Morgan fingerprint density at radius 3 is 2.78 bits per heavy atom. The Hall–Kier alpha value is -3.16. The van der Waals surface area contributed by atoms with Crippen molar-refractivity contribution in [2.24, 2.45) is 0 Å². The van der Waals surface area contributed by atoms with E-state index in [1.54, 1.807) is 22.1 Å². The van der Waals surface area contributed by atoms with E-state index in [1.165, 1.54) is 0 Å². The van der Waals surface area contributed by atoms with Crippen molar-refractivity contribution in [2.75, 3.05) is 25.5 Å². The van der Waals surface area contributed by atoms with Gasteiger partial charge in [-0.15, -0.1) is 0 Å². The molecule has 1 aliphatic heterocycles. The number of nitrogens with one attached hydrogen (secondary N) is 2. The summed E-state index contributed by atoms with van der Waals surface area (Å²) in [5.74, 6) is 0.531. The van der Waals surface area contributed by atoms with E-state index in [9.17, 15) is 9.59 Å². The summed E-state index contributed by atoms with van der Waals surface area (Å²) in [6.07, 6.45) is 2.26. The summed E-state index contributed by atoms with van der Waals surface area (Å²) in [4.78, 5) is 36.7. The van der Waals surface area contributed by atoms with E-state index in [0.717, 1.165) is 5.56 Å². The molecule has 3 rings (SSSR count). The van der Waals surface area contributed by atoms with Crippen molar-refractivity contribution in [3.63, 3.8) is 0 Å². The topological polar surface area (TPSA) is 90.5 Å². The van der Waals surface area contributed by atoms with Crippen molar-refractivity contribution in [1.82, 2.24) is 25.5 Å². The largest absolute Gasteiger partial charge is 0.347 e. The summed E-state index contributed by atoms with van der Waals surface area (Å²) in [5.41, 5.74) is 1.78. The third-order valence-corrected chi connectivity index (χ3v) is 4.35. The van der Waals surface area contributed by atoms with Crippen molar-refractivity contribution < 1.29 is 9.59 Å². The van der Waals surface area contributed by atoms with Crippen LogP contribution < -0.4 is 15.5 Å². The Morgan fingerprint density at radius 2 is 2.04 bits per heavy atom. The molecule has 0 radical (unpaired) electrons. The van der Waals surface area contributed by atoms with Gasteiger partial charge in [0.25, 0.3) is 0 Å². The van der Waals surface area contributed by atoms with Crippen molar-refractivity contribution >= 4 is 17.9 Å². The van der Waals surface area contributed by atoms with E-state index in [0.29, 0.717) is 31.2 Å². The summed E-state index contributed by atoms with van der Waals surface area (Å²) in [6.45, 7) is 1.47. The van der Waals surface area contributed by atoms with Gasteiger partial charge in [-0.2, -0.15) is 0 Å². The first kappa shape index (κ1) is 18.6. The lowest BCUT2D eigenvalue weighted by atomic mass is 10.2. The van der Waals surface area contributed by atoms with Crippen molar-refractivity contribution in [1.29, 1.82) is 0 Å². The average Bonchev–Trinajstić information content (AvgIpc) is 3.01. The van der Waals surface area contributed by atoms with Crippen LogP contribution in [0.4, 0.5) is 10.7 Å². The molecular formula is C19H24N6O2. The van der Waals surface area contributed by atoms with Gasteiger partial charge < -0.3 is 20.4 Å². The quantitative estimate of drug-likeness (QED) is 0.798. The first-order chi connectivity index (χ1) is 13.0. The Labute approximate surface area is 158 Å². The minimum atomic E-state index is -0.489. The zero-order valence-electron chi connectivity index (χ0n) is 15.6. The normalized spacial score (nSPS) is 16.3. The predicted molar refractivity (Wildman–Crippen MR) is 102 cm³/mol. The lowest BCUT2D eigenvalue weighted by Gasteiger charge is -2.17. The molecular weight excluding hydrogens is 344 g/mol. The van der Waals surface area contributed by atoms with Crippen LogP contribution in [0.1, 0.15) is 17.7 Å². The lowest BCUT2D eigenvalue weighted by molar-refractivity contribution is -0.129. The van der Waals surface area contributed by atoms with E-state index < -0.39 is 6.04 Å². The van der Waals surface area contributed by atoms with Gasteiger partial charge in [0.1, 0.15) is 6.04 Å². The monoisotopic (exact) mass is 368 g/mol. The molecule has 1 unspecified atom stereocenters. The molecule has 0 bridgehead atoms. The second kappa shape index (κ2) is 8.48. The second-order valence-electron chi connectivity index (χ2n) is 6.66. The van der Waals surface area contributed by atoms with Crippen LogP contribution in [-0.2, 0) is 17.9 Å². The highest BCUT2D eigenvalue weighted by Gasteiger charge is 2.32. The minimum absolute atomic E-state index is 0.0501. The molecule has 2 N–H and O–H groups in total. The number of nitrogens with zero attached hydrogens (tertiary/aromatic N) is 4. The summed E-state index contributed by atoms with van der Waals surface area (Å²) in [6, 6.07) is 10.7. The highest BCUT2D eigenvalue weighted by molar-refractivity contribution is 5.88. The molecule has 8 heteroatoms. The number of carbonyl (C=O) groups is 2. The summed E-state index contributed by atoms with van der Waals surface area (Å²) in [7, 11) is 3.71. The van der Waals surface area contributed by atoms with Crippen LogP contribution >= 0.6 is 0 Å². The molecule has 1 fully saturated rings. The number of benzene rings is 1. The zero-order chi connectivity index (χ0) is 19.2. The van der Waals surface area contributed by atoms with Gasteiger partial charge in [0, 0.05) is 33.4 Å². The molecule has 1 atom stereocenters. The number of aromatic nitrogens is 2. The van der Waals surface area contributed by atoms with Crippen LogP contribution in [-0.4, -0.2) is 53.5 Å². The SMILES string of the molecule is CN(C)c1nccc(CNC(=O)NC2CCN(Cc3ccccc3)C2=O)n1. The van der Waals surface area contributed by atoms with Gasteiger partial charge in [-0.3, -0.25) is 4.79 Å². The second-order valence-corrected chi connectivity index (χ2v) is 6.66. The van der Waals surface area contributed by atoms with Gasteiger partial charge in [-0.25, -0.2) is 14.8 Å². The van der Waals surface area contributed by atoms with Crippen molar-refractivity contribution in [2.45, 2.75) is 25.6 Å². The van der Waals surface area contributed by atoms with Crippen LogP contribution in [0.15, 0.2) is 42.6 Å². The zero-order valence-corrected chi connectivity index (χ0v) is 15.6. The molecule has 3 amide bonds. The van der Waals surface area contributed by atoms with E-state index in [1.807, 2.05) is 44.4 Å². The fourth-order valence-corrected chi connectivity index (χ4v) is 2.91. The standard InChI is InChI=1S/C19H24N6O2/c1-24(2)18-20-10-8-15(22-18)12-21-19(27)23-16-9-11-25(17(16)26)13-14-6-4-3-5-7-14/h3-8,10,16H,9,11-13H2,1-2H3,(H2,21,23,27). The number of amides is 3. The van der Waals surface area contributed by atoms with Crippen molar-refractivity contribution in [3.8, 4) is 0 Å². The Balaban J connectivity index is 1.48. The van der Waals surface area contributed by atoms with E-state index in [2.05, 4.69) is 20.6 Å². The molecule has 1 aliphatic rings. The fraction of sp³-hybridized carbons (Fsp3) is 0.368. The van der Waals surface area contributed by atoms with E-state index >= 15 is 0 Å². The number of carbonyl (C=O) groups excluding carboxylic acids is 2. The molecule has 1 aromatic carbocycles. The predicted octanol–water partition coefficient (Wildman–Crippen LogP) is 1.14. The number of likely N-dealkylation sites (tertiary alicyclic amines) is 1. The molecule has 0 saturated carbocycles. The van der Waals surface area contributed by atoms with Crippen LogP contribution in [0, 0.1) is 0 Å². The van der Waals surface area contributed by atoms with Gasteiger partial charge >= 0.3 is 6.03 Å². The van der Waals surface area contributed by atoms with Crippen LogP contribution in [0.2, 0.25) is 0 Å². The molecule has 142 valence electrons. The lowest BCUT2D eigenvalue weighted by Crippen LogP contribution is -2.45. The maximum absolute atomic E-state index is 12.5. The third-order valence-electron chi connectivity index (χ3n) is 4.35. The molecule has 1 saturated heterocycles. The molecule has 2 aromatic rings. The molecule has 27 heavy (non-hydrogen) atoms. The third kappa shape index (κ3) is 4.93. The smallest absolute Gasteiger partial charge is 0.315 e. The number of rotatable bonds is 6. The average molecular weight is 368 g/mol. The molecule has 0 aliphatic carbocycles. The van der Waals surface area contributed by atoms with Crippen LogP contribution in [0.3, 0.4) is 0 Å². The molecule has 1 aromatic heterocycles. The van der Waals surface area contributed by atoms with Gasteiger partial charge in [0.2, 0.25) is 11.9 Å². The number of urea groups is 1. The summed E-state index contributed by atoms with van der Waals surface area (Å²) < 4.78 is 0. The van der Waals surface area contributed by atoms with E-state index in [-0.39, 0.29) is 18.5 Å². The van der Waals surface area contributed by atoms with Gasteiger partial charge in [-0.05, 0) is 18.1 Å². The van der Waals surface area contributed by atoms with Gasteiger partial charge in [-0.1, -0.05) is 30.3 Å². The Bertz CT molecular complexity index is 796. The maximum atomic E-state index is 12.5. The molecule has 8 nitrogen and oxygen atoms in total. The summed E-state index contributed by atoms with van der Waals surface area (Å²) in [5, 5.41) is 5.50. The maximum Gasteiger partial charge on any atom is 0.315 e. The van der Waals surface area contributed by atoms with E-state index in [4.69, 9.17) is 0 Å². The molecule has 2 heterocycles.